The quantitative estimate of drug-likeness (QED) is 0.631. The lowest BCUT2D eigenvalue weighted by Gasteiger charge is -2.11. The van der Waals surface area contributed by atoms with Crippen LogP contribution in [-0.2, 0) is 11.3 Å². The van der Waals surface area contributed by atoms with Crippen molar-refractivity contribution in [2.24, 2.45) is 5.92 Å². The summed E-state index contributed by atoms with van der Waals surface area (Å²) in [5.74, 6) is -1.66. The first-order chi connectivity index (χ1) is 11.3. The second kappa shape index (κ2) is 6.07. The predicted molar refractivity (Wildman–Crippen MR) is 89.8 cm³/mol. The molecule has 1 heterocycles. The van der Waals surface area contributed by atoms with Crippen molar-refractivity contribution in [2.45, 2.75) is 24.2 Å². The molecule has 1 aliphatic carbocycles. The molecule has 9 heteroatoms. The van der Waals surface area contributed by atoms with Gasteiger partial charge in [-0.05, 0) is 19.4 Å². The van der Waals surface area contributed by atoms with Crippen molar-refractivity contribution < 1.29 is 9.59 Å². The van der Waals surface area contributed by atoms with Crippen LogP contribution in [0.4, 0.5) is 0 Å². The van der Waals surface area contributed by atoms with E-state index in [1.165, 1.54) is 4.68 Å². The van der Waals surface area contributed by atoms with Crippen molar-refractivity contribution in [3.63, 3.8) is 0 Å². The largest absolute Gasteiger partial charge is 0.290 e. The third-order valence-electron chi connectivity index (χ3n) is 3.82. The summed E-state index contributed by atoms with van der Waals surface area (Å²) >= 11 is 11.6. The van der Waals surface area contributed by atoms with Crippen molar-refractivity contribution in [2.75, 3.05) is 0 Å². The fourth-order valence-corrected chi connectivity index (χ4v) is 2.89. The molecule has 0 radical (unpaired) electrons. The van der Waals surface area contributed by atoms with Crippen LogP contribution >= 0.6 is 23.2 Å². The van der Waals surface area contributed by atoms with E-state index in [1.54, 1.807) is 31.2 Å². The number of aromatic nitrogens is 2. The first-order valence-electron chi connectivity index (χ1n) is 7.33. The molecule has 7 nitrogen and oxygen atoms in total. The van der Waals surface area contributed by atoms with E-state index in [0.717, 1.165) is 0 Å². The zero-order valence-electron chi connectivity index (χ0n) is 12.7. The van der Waals surface area contributed by atoms with Crippen LogP contribution in [0.25, 0.3) is 10.8 Å². The summed E-state index contributed by atoms with van der Waals surface area (Å²) in [5, 5.41) is 4.87. The highest BCUT2D eigenvalue weighted by molar-refractivity contribution is 6.52. The lowest BCUT2D eigenvalue weighted by Crippen LogP contribution is -2.44. The molecule has 126 valence electrons. The minimum absolute atomic E-state index is 0.0474. The summed E-state index contributed by atoms with van der Waals surface area (Å²) in [4.78, 5) is 36.4. The van der Waals surface area contributed by atoms with E-state index in [-0.39, 0.29) is 11.3 Å². The van der Waals surface area contributed by atoms with Gasteiger partial charge < -0.3 is 0 Å². The number of carbonyl (C=O) groups excluding carboxylic acids is 2. The third kappa shape index (κ3) is 2.97. The molecule has 2 aromatic rings. The van der Waals surface area contributed by atoms with Crippen molar-refractivity contribution in [3.05, 3.63) is 40.3 Å². The number of hydrazine groups is 1. The number of amides is 2. The Morgan fingerprint density at radius 1 is 1.29 bits per heavy atom. The molecule has 24 heavy (non-hydrogen) atoms. The van der Waals surface area contributed by atoms with Crippen LogP contribution in [0.3, 0.4) is 0 Å². The highest BCUT2D eigenvalue weighted by Gasteiger charge is 2.56. The van der Waals surface area contributed by atoms with Gasteiger partial charge in [-0.3, -0.25) is 25.2 Å². The molecule has 1 aromatic heterocycles. The number of hydrogen-bond acceptors (Lipinski definition) is 4. The fourth-order valence-electron chi connectivity index (χ4n) is 2.38. The topological polar surface area (TPSA) is 93.1 Å². The van der Waals surface area contributed by atoms with Crippen LogP contribution in [-0.4, -0.2) is 25.9 Å². The highest BCUT2D eigenvalue weighted by atomic mass is 35.5. The van der Waals surface area contributed by atoms with Gasteiger partial charge in [-0.2, -0.15) is 5.10 Å². The Hall–Kier alpha value is -2.12. The number of nitrogens with zero attached hydrogens (tertiary/aromatic N) is 2. The molecule has 1 unspecified atom stereocenters. The number of halogens is 2. The molecule has 1 fully saturated rings. The second-order valence-electron chi connectivity index (χ2n) is 5.48. The van der Waals surface area contributed by atoms with Crippen LogP contribution < -0.4 is 16.4 Å². The van der Waals surface area contributed by atoms with Crippen molar-refractivity contribution in [1.29, 1.82) is 0 Å². The number of fused-ring (bicyclic) bond motifs is 1. The maximum atomic E-state index is 12.4. The molecule has 2 N–H and O–H groups in total. The van der Waals surface area contributed by atoms with Crippen LogP contribution in [0, 0.1) is 5.92 Å². The Labute approximate surface area is 146 Å². The Morgan fingerprint density at radius 2 is 1.92 bits per heavy atom. The number of nitrogens with one attached hydrogen (secondary N) is 2. The first-order valence-corrected chi connectivity index (χ1v) is 8.08. The van der Waals surface area contributed by atoms with E-state index in [9.17, 15) is 14.4 Å². The summed E-state index contributed by atoms with van der Waals surface area (Å²) < 4.78 is 0.123. The lowest BCUT2D eigenvalue weighted by molar-refractivity contribution is -0.123. The molecule has 1 aliphatic rings. The van der Waals surface area contributed by atoms with Gasteiger partial charge >= 0.3 is 0 Å². The Kier molecular flexibility index (Phi) is 4.23. The van der Waals surface area contributed by atoms with Crippen LogP contribution in [0.2, 0.25) is 0 Å². The molecule has 2 amide bonds. The first kappa shape index (κ1) is 16.7. The number of rotatable bonds is 3. The minimum Gasteiger partial charge on any atom is -0.273 e. The number of aryl methyl sites for hydroxylation is 1. The van der Waals surface area contributed by atoms with E-state index in [1.807, 2.05) is 0 Å². The van der Waals surface area contributed by atoms with Crippen LogP contribution in [0.15, 0.2) is 29.1 Å². The summed E-state index contributed by atoms with van der Waals surface area (Å²) in [6.45, 7) is 2.07. The molecular weight excluding hydrogens is 355 g/mol. The molecule has 0 aliphatic heterocycles. The molecule has 0 spiro atoms. The molecule has 1 aromatic carbocycles. The SMILES string of the molecule is CCn1nc(C(=O)NNC(=O)C2CC2(Cl)Cl)c2ccccc2c1=O. The number of hydrogen-bond donors (Lipinski definition) is 2. The van der Waals surface area contributed by atoms with Gasteiger partial charge in [-0.25, -0.2) is 4.68 Å². The monoisotopic (exact) mass is 368 g/mol. The maximum absolute atomic E-state index is 12.4. The van der Waals surface area contributed by atoms with Crippen LogP contribution in [0.5, 0.6) is 0 Å². The average molecular weight is 369 g/mol. The zero-order valence-corrected chi connectivity index (χ0v) is 14.2. The lowest BCUT2D eigenvalue weighted by atomic mass is 10.1. The smallest absolute Gasteiger partial charge is 0.273 e. The molecule has 0 saturated heterocycles. The van der Waals surface area contributed by atoms with Gasteiger partial charge in [0.15, 0.2) is 5.69 Å². The van der Waals surface area contributed by atoms with Gasteiger partial charge in [0.1, 0.15) is 4.33 Å². The number of carbonyl (C=O) groups is 2. The molecule has 1 atom stereocenters. The normalized spacial score (nSPS) is 18.2. The van der Waals surface area contributed by atoms with E-state index >= 15 is 0 Å². The van der Waals surface area contributed by atoms with E-state index in [2.05, 4.69) is 16.0 Å². The molecule has 1 saturated carbocycles. The van der Waals surface area contributed by atoms with Gasteiger partial charge in [0.2, 0.25) is 5.91 Å². The summed E-state index contributed by atoms with van der Waals surface area (Å²) in [6.07, 6.45) is 0.333. The Balaban J connectivity index is 1.86. The number of benzene rings is 1. The van der Waals surface area contributed by atoms with E-state index in [0.29, 0.717) is 23.7 Å². The van der Waals surface area contributed by atoms with Crippen molar-refractivity contribution >= 4 is 45.8 Å². The molecule has 0 bridgehead atoms. The molecule has 3 rings (SSSR count). The third-order valence-corrected chi connectivity index (χ3v) is 4.66. The highest BCUT2D eigenvalue weighted by Crippen LogP contribution is 2.53. The van der Waals surface area contributed by atoms with Gasteiger partial charge in [-0.1, -0.05) is 18.2 Å². The van der Waals surface area contributed by atoms with E-state index < -0.39 is 22.1 Å². The van der Waals surface area contributed by atoms with Crippen molar-refractivity contribution in [1.82, 2.24) is 20.6 Å². The summed E-state index contributed by atoms with van der Waals surface area (Å²) in [5.41, 5.74) is 4.34. The van der Waals surface area contributed by atoms with Crippen molar-refractivity contribution in [3.8, 4) is 0 Å². The average Bonchev–Trinajstić information content (AvgIpc) is 3.21. The summed E-state index contributed by atoms with van der Waals surface area (Å²) in [6, 6.07) is 6.67. The maximum Gasteiger partial charge on any atom is 0.290 e. The predicted octanol–water partition coefficient (Wildman–Crippen LogP) is 1.37. The minimum atomic E-state index is -1.07. The van der Waals surface area contributed by atoms with E-state index in [4.69, 9.17) is 23.2 Å². The summed E-state index contributed by atoms with van der Waals surface area (Å²) in [7, 11) is 0. The standard InChI is InChI=1S/C15H14Cl2N4O3/c1-2-21-14(24)9-6-4-3-5-8(9)11(20-21)13(23)19-18-12(22)10-7-15(10,16)17/h3-6,10H,2,7H2,1H3,(H,18,22)(H,19,23). The van der Waals surface area contributed by atoms with Gasteiger partial charge in [0.05, 0.1) is 11.3 Å². The Morgan fingerprint density at radius 3 is 2.50 bits per heavy atom. The van der Waals surface area contributed by atoms with Gasteiger partial charge in [0.25, 0.3) is 11.5 Å². The number of alkyl halides is 2. The van der Waals surface area contributed by atoms with Gasteiger partial charge in [-0.15, -0.1) is 23.2 Å². The molecular formula is C15H14Cl2N4O3. The zero-order chi connectivity index (χ0) is 17.5. The van der Waals surface area contributed by atoms with Crippen LogP contribution in [0.1, 0.15) is 23.8 Å². The fraction of sp³-hybridized carbons (Fsp3) is 0.333. The Bertz CT molecular complexity index is 894. The second-order valence-corrected chi connectivity index (χ2v) is 7.02. The van der Waals surface area contributed by atoms with Gasteiger partial charge in [0, 0.05) is 11.9 Å².